The number of aryl methyl sites for hydroxylation is 1. The van der Waals surface area contributed by atoms with E-state index in [1.807, 2.05) is 0 Å². The number of imidazole rings is 1. The van der Waals surface area contributed by atoms with Crippen LogP contribution in [0.25, 0.3) is 71.3 Å². The molecule has 10 heteroatoms. The quantitative estimate of drug-likeness (QED) is 0.148. The van der Waals surface area contributed by atoms with Crippen molar-refractivity contribution in [2.24, 2.45) is 0 Å². The van der Waals surface area contributed by atoms with Crippen LogP contribution in [0.15, 0.2) is 91.0 Å². The van der Waals surface area contributed by atoms with Crippen molar-refractivity contribution in [3.8, 4) is 27.9 Å². The van der Waals surface area contributed by atoms with E-state index in [0.29, 0.717) is 0 Å². The molecule has 0 aliphatic rings. The molecule has 0 bridgehead atoms. The number of rotatable bonds is 4. The van der Waals surface area contributed by atoms with Crippen LogP contribution in [0.1, 0.15) is 12.7 Å². The fourth-order valence-corrected chi connectivity index (χ4v) is 8.45. The predicted molar refractivity (Wildman–Crippen MR) is 239 cm³/mol. The standard InChI is InChI=1S/C39H36B8N2/c1-2-25-48-23-12-5-6-13-24(23)49(25)22-11-7-10-20(17-22)26-28-30(34(42)38(46)36(44)32(28)40)27(21-15-14-18-8-3-4-9-19(18)16-21)31-29(26)33(41)37(45)39(47)35(31)43/h3-17H,2,40-47H2,1H3. The number of benzene rings is 7. The molecule has 226 valence electrons. The van der Waals surface area contributed by atoms with E-state index in [0.717, 1.165) is 29.0 Å². The second kappa shape index (κ2) is 11.7. The molecule has 0 saturated carbocycles. The van der Waals surface area contributed by atoms with E-state index in [2.05, 4.69) is 165 Å². The van der Waals surface area contributed by atoms with Crippen molar-refractivity contribution in [2.75, 3.05) is 0 Å². The molecule has 8 rings (SSSR count). The van der Waals surface area contributed by atoms with Crippen LogP contribution >= 0.6 is 0 Å². The zero-order valence-electron chi connectivity index (χ0n) is 30.3. The average molecular weight is 619 g/mol. The lowest BCUT2D eigenvalue weighted by Gasteiger charge is -2.28. The van der Waals surface area contributed by atoms with Crippen LogP contribution in [0.3, 0.4) is 0 Å². The molecule has 49 heavy (non-hydrogen) atoms. The van der Waals surface area contributed by atoms with Gasteiger partial charge in [0.25, 0.3) is 0 Å². The number of hydrogen-bond acceptors (Lipinski definition) is 1. The summed E-state index contributed by atoms with van der Waals surface area (Å²) < 4.78 is 2.35. The second-order valence-electron chi connectivity index (χ2n) is 14.1. The van der Waals surface area contributed by atoms with Gasteiger partial charge in [0.05, 0.1) is 11.0 Å². The topological polar surface area (TPSA) is 17.8 Å². The van der Waals surface area contributed by atoms with Crippen molar-refractivity contribution >= 4 is 150 Å². The molecule has 0 aliphatic carbocycles. The largest absolute Gasteiger partial charge is 0.296 e. The first-order valence-electron chi connectivity index (χ1n) is 17.6. The fraction of sp³-hybridized carbons (Fsp3) is 0.0513. The predicted octanol–water partition coefficient (Wildman–Crippen LogP) is -3.55. The van der Waals surface area contributed by atoms with Gasteiger partial charge >= 0.3 is 0 Å². The summed E-state index contributed by atoms with van der Waals surface area (Å²) in [7, 11) is 18.6. The van der Waals surface area contributed by atoms with Crippen molar-refractivity contribution in [1.82, 2.24) is 9.55 Å². The summed E-state index contributed by atoms with van der Waals surface area (Å²) in [4.78, 5) is 5.03. The second-order valence-corrected chi connectivity index (χ2v) is 14.1. The zero-order valence-corrected chi connectivity index (χ0v) is 30.3. The van der Waals surface area contributed by atoms with Crippen molar-refractivity contribution in [3.63, 3.8) is 0 Å². The first kappa shape index (κ1) is 31.6. The van der Waals surface area contributed by atoms with Gasteiger partial charge in [-0.05, 0) is 84.9 Å². The maximum Gasteiger partial charge on any atom is 0.139 e. The smallest absolute Gasteiger partial charge is 0.139 e. The van der Waals surface area contributed by atoms with E-state index < -0.39 is 0 Å². The molecule has 7 aromatic carbocycles. The van der Waals surface area contributed by atoms with Crippen LogP contribution in [0.4, 0.5) is 0 Å². The molecule has 0 aliphatic heterocycles. The Labute approximate surface area is 296 Å². The molecule has 0 fully saturated rings. The van der Waals surface area contributed by atoms with Crippen LogP contribution in [-0.2, 0) is 6.42 Å². The van der Waals surface area contributed by atoms with Gasteiger partial charge in [-0.15, -0.1) is 21.9 Å². The third-order valence-corrected chi connectivity index (χ3v) is 11.8. The van der Waals surface area contributed by atoms with E-state index in [4.69, 9.17) is 4.98 Å². The summed E-state index contributed by atoms with van der Waals surface area (Å²) in [5, 5.41) is 8.02. The number of hydrogen-bond donors (Lipinski definition) is 0. The van der Waals surface area contributed by atoms with Crippen LogP contribution in [0.2, 0.25) is 0 Å². The van der Waals surface area contributed by atoms with Crippen LogP contribution in [0.5, 0.6) is 0 Å². The molecular formula is C39H36B8N2. The van der Waals surface area contributed by atoms with Gasteiger partial charge in [-0.1, -0.05) is 89.4 Å². The maximum absolute atomic E-state index is 5.03. The lowest BCUT2D eigenvalue weighted by Crippen LogP contribution is -2.50. The Morgan fingerprint density at radius 1 is 0.490 bits per heavy atom. The highest BCUT2D eigenvalue weighted by Gasteiger charge is 2.25. The first-order valence-corrected chi connectivity index (χ1v) is 17.6. The highest BCUT2D eigenvalue weighted by Crippen LogP contribution is 2.41. The molecule has 0 unspecified atom stereocenters. The third kappa shape index (κ3) is 4.63. The Kier molecular flexibility index (Phi) is 7.56. The van der Waals surface area contributed by atoms with Gasteiger partial charge < -0.3 is 0 Å². The summed E-state index contributed by atoms with van der Waals surface area (Å²) in [6, 6.07) is 33.5. The minimum Gasteiger partial charge on any atom is -0.296 e. The van der Waals surface area contributed by atoms with E-state index in [9.17, 15) is 0 Å². The van der Waals surface area contributed by atoms with Crippen LogP contribution in [0, 0.1) is 0 Å². The Bertz CT molecular complexity index is 2620. The molecule has 0 saturated heterocycles. The number of nitrogens with zero attached hydrogens (tertiary/aromatic N) is 2. The molecule has 0 radical (unpaired) electrons. The Balaban J connectivity index is 1.59. The molecule has 8 aromatic rings. The minimum atomic E-state index is 0.860. The van der Waals surface area contributed by atoms with Gasteiger partial charge in [-0.2, -0.15) is 0 Å². The number of para-hydroxylation sites is 2. The molecule has 0 atom stereocenters. The van der Waals surface area contributed by atoms with E-state index in [1.54, 1.807) is 0 Å². The van der Waals surface area contributed by atoms with Crippen LogP contribution in [-0.4, -0.2) is 72.3 Å². The monoisotopic (exact) mass is 620 g/mol. The van der Waals surface area contributed by atoms with Gasteiger partial charge in [0.15, 0.2) is 0 Å². The van der Waals surface area contributed by atoms with Gasteiger partial charge in [-0.3, -0.25) is 4.57 Å². The fourth-order valence-electron chi connectivity index (χ4n) is 8.45. The Hall–Kier alpha value is -4.69. The minimum absolute atomic E-state index is 0.860. The summed E-state index contributed by atoms with van der Waals surface area (Å²) >= 11 is 0. The average Bonchev–Trinajstić information content (AvgIpc) is 3.52. The molecular weight excluding hydrogens is 583 g/mol. The molecule has 0 N–H and O–H groups in total. The lowest BCUT2D eigenvalue weighted by atomic mass is 9.59. The third-order valence-electron chi connectivity index (χ3n) is 11.8. The normalized spacial score (nSPS) is 11.7. The summed E-state index contributed by atoms with van der Waals surface area (Å²) in [5.41, 5.74) is 19.5. The van der Waals surface area contributed by atoms with Crippen LogP contribution < -0.4 is 43.7 Å². The van der Waals surface area contributed by atoms with Gasteiger partial charge in [0.1, 0.15) is 68.6 Å². The summed E-state index contributed by atoms with van der Waals surface area (Å²) in [6.07, 6.45) is 0.860. The van der Waals surface area contributed by atoms with Gasteiger partial charge in [0, 0.05) is 12.1 Å². The van der Waals surface area contributed by atoms with Crippen molar-refractivity contribution in [2.45, 2.75) is 13.3 Å². The molecule has 2 nitrogen and oxygen atoms in total. The summed E-state index contributed by atoms with van der Waals surface area (Å²) in [6.45, 7) is 2.20. The van der Waals surface area contributed by atoms with E-state index >= 15 is 0 Å². The first-order chi connectivity index (χ1) is 23.6. The zero-order chi connectivity index (χ0) is 34.3. The number of fused-ring (bicyclic) bond motifs is 4. The molecule has 0 amide bonds. The van der Waals surface area contributed by atoms with Crippen molar-refractivity contribution in [3.05, 3.63) is 96.8 Å². The summed E-state index contributed by atoms with van der Waals surface area (Å²) in [5.74, 6) is 1.08. The van der Waals surface area contributed by atoms with Crippen molar-refractivity contribution in [1.29, 1.82) is 0 Å². The molecule has 1 aromatic heterocycles. The SMILES string of the molecule is Bc1c(B)c(B)c2c(-c3ccc4ccccc4c3)c3c(B)c(B)c(B)c(B)c3c(-c3cccc(-n4c(CC)nc5ccccc54)c3)c2c1B. The lowest BCUT2D eigenvalue weighted by molar-refractivity contribution is 0.908. The molecule has 0 spiro atoms. The van der Waals surface area contributed by atoms with E-state index in [-0.39, 0.29) is 0 Å². The number of aromatic nitrogens is 2. The highest BCUT2D eigenvalue weighted by molar-refractivity contribution is 6.71. The maximum atomic E-state index is 5.03. The molecule has 1 heterocycles. The van der Waals surface area contributed by atoms with E-state index in [1.165, 1.54) is 98.3 Å². The van der Waals surface area contributed by atoms with Gasteiger partial charge in [0.2, 0.25) is 0 Å². The van der Waals surface area contributed by atoms with Crippen molar-refractivity contribution < 1.29 is 0 Å². The van der Waals surface area contributed by atoms with Gasteiger partial charge in [-0.25, -0.2) is 4.98 Å². The highest BCUT2D eigenvalue weighted by atomic mass is 15.1. The Morgan fingerprint density at radius 2 is 1.00 bits per heavy atom. The Morgan fingerprint density at radius 3 is 1.57 bits per heavy atom.